The molecule has 104 valence electrons. The number of carbonyl (C=O) groups excluding carboxylic acids is 1. The van der Waals surface area contributed by atoms with Crippen LogP contribution in [-0.2, 0) is 9.47 Å². The lowest BCUT2D eigenvalue weighted by atomic mass is 10.5. The molecule has 0 spiro atoms. The molecule has 17 heavy (non-hydrogen) atoms. The van der Waals surface area contributed by atoms with E-state index >= 15 is 0 Å². The first-order chi connectivity index (χ1) is 7.83. The zero-order valence-corrected chi connectivity index (χ0v) is 10.4. The molecular formula is C10H22O7. The van der Waals surface area contributed by atoms with Gasteiger partial charge in [-0.05, 0) is 20.8 Å². The Morgan fingerprint density at radius 3 is 1.65 bits per heavy atom. The highest BCUT2D eigenvalue weighted by atomic mass is 16.8. The van der Waals surface area contributed by atoms with E-state index in [-0.39, 0.29) is 19.3 Å². The fourth-order valence-corrected chi connectivity index (χ4v) is 0.418. The van der Waals surface area contributed by atoms with E-state index in [4.69, 9.17) is 20.4 Å². The summed E-state index contributed by atoms with van der Waals surface area (Å²) in [5.41, 5.74) is 0. The Labute approximate surface area is 101 Å². The van der Waals surface area contributed by atoms with Gasteiger partial charge in [-0.3, -0.25) is 0 Å². The Kier molecular flexibility index (Phi) is 12.6. The molecule has 0 amide bonds. The molecule has 0 bridgehead atoms. The van der Waals surface area contributed by atoms with Crippen molar-refractivity contribution in [1.82, 2.24) is 0 Å². The Morgan fingerprint density at radius 2 is 1.59 bits per heavy atom. The van der Waals surface area contributed by atoms with Gasteiger partial charge >= 0.3 is 6.16 Å². The minimum absolute atomic E-state index is 0.0486. The maximum atomic E-state index is 10.0. The standard InChI is InChI=1S/C4H6O3.2C3H8O2/c1-3-2-6-4(5)7-3;2*1-3(5)2-4/h3H,2H2,1H3;2*3-5H,2H2,1H3. The maximum absolute atomic E-state index is 10.0. The van der Waals surface area contributed by atoms with Crippen LogP contribution in [0.4, 0.5) is 4.79 Å². The van der Waals surface area contributed by atoms with Crippen molar-refractivity contribution in [3.63, 3.8) is 0 Å². The van der Waals surface area contributed by atoms with Gasteiger partial charge in [0.2, 0.25) is 0 Å². The van der Waals surface area contributed by atoms with Crippen molar-refractivity contribution in [3.8, 4) is 0 Å². The second-order valence-corrected chi connectivity index (χ2v) is 3.55. The van der Waals surface area contributed by atoms with Gasteiger partial charge in [0.1, 0.15) is 12.7 Å². The Balaban J connectivity index is 0. The predicted octanol–water partition coefficient (Wildman–Crippen LogP) is -0.739. The van der Waals surface area contributed by atoms with E-state index < -0.39 is 18.4 Å². The van der Waals surface area contributed by atoms with Crippen LogP contribution in [0.5, 0.6) is 0 Å². The molecule has 1 fully saturated rings. The molecule has 4 N–H and O–H groups in total. The largest absolute Gasteiger partial charge is 0.508 e. The lowest BCUT2D eigenvalue weighted by molar-refractivity contribution is 0.110. The Morgan fingerprint density at radius 1 is 1.24 bits per heavy atom. The summed E-state index contributed by atoms with van der Waals surface area (Å²) in [5, 5.41) is 32.0. The number of rotatable bonds is 2. The van der Waals surface area contributed by atoms with Crippen molar-refractivity contribution in [1.29, 1.82) is 0 Å². The van der Waals surface area contributed by atoms with Crippen LogP contribution in [0.1, 0.15) is 20.8 Å². The fraction of sp³-hybridized carbons (Fsp3) is 0.900. The summed E-state index contributed by atoms with van der Waals surface area (Å²) in [6, 6.07) is 0. The molecule has 1 aliphatic heterocycles. The average Bonchev–Trinajstić information content (AvgIpc) is 2.64. The summed E-state index contributed by atoms with van der Waals surface area (Å²) in [6.07, 6.45) is -1.72. The number of ether oxygens (including phenoxy) is 2. The second kappa shape index (κ2) is 11.6. The molecule has 1 heterocycles. The molecule has 0 aromatic rings. The maximum Gasteiger partial charge on any atom is 0.508 e. The smallest absolute Gasteiger partial charge is 0.430 e. The molecule has 0 saturated carbocycles. The Bertz CT molecular complexity index is 173. The number of aliphatic hydroxyl groups excluding tert-OH is 4. The molecular weight excluding hydrogens is 232 g/mol. The molecule has 0 aliphatic carbocycles. The molecule has 1 aliphatic rings. The molecule has 7 nitrogen and oxygen atoms in total. The van der Waals surface area contributed by atoms with Gasteiger partial charge < -0.3 is 29.9 Å². The monoisotopic (exact) mass is 254 g/mol. The molecule has 3 atom stereocenters. The van der Waals surface area contributed by atoms with Gasteiger partial charge in [-0.2, -0.15) is 0 Å². The first-order valence-corrected chi connectivity index (χ1v) is 5.24. The summed E-state index contributed by atoms with van der Waals surface area (Å²) < 4.78 is 8.90. The predicted molar refractivity (Wildman–Crippen MR) is 59.4 cm³/mol. The van der Waals surface area contributed by atoms with Crippen LogP contribution in [0.3, 0.4) is 0 Å². The molecule has 3 unspecified atom stereocenters. The topological polar surface area (TPSA) is 116 Å². The summed E-state index contributed by atoms with van der Waals surface area (Å²) in [6.45, 7) is 4.96. The van der Waals surface area contributed by atoms with Crippen molar-refractivity contribution in [2.45, 2.75) is 39.1 Å². The summed E-state index contributed by atoms with van der Waals surface area (Å²) in [5.74, 6) is 0. The van der Waals surface area contributed by atoms with Crippen molar-refractivity contribution in [2.75, 3.05) is 19.8 Å². The number of cyclic esters (lactones) is 2. The number of hydrogen-bond donors (Lipinski definition) is 4. The minimum Gasteiger partial charge on any atom is -0.430 e. The Hall–Kier alpha value is -0.890. The quantitative estimate of drug-likeness (QED) is 0.479. The zero-order valence-electron chi connectivity index (χ0n) is 10.4. The lowest BCUT2D eigenvalue weighted by Crippen LogP contribution is -2.03. The summed E-state index contributed by atoms with van der Waals surface area (Å²) >= 11 is 0. The van der Waals surface area contributed by atoms with Gasteiger partial charge in [-0.15, -0.1) is 0 Å². The van der Waals surface area contributed by atoms with Crippen LogP contribution in [0.25, 0.3) is 0 Å². The fourth-order valence-electron chi connectivity index (χ4n) is 0.418. The highest BCUT2D eigenvalue weighted by Gasteiger charge is 2.19. The van der Waals surface area contributed by atoms with Gasteiger partial charge in [0.25, 0.3) is 0 Å². The van der Waals surface area contributed by atoms with E-state index in [1.807, 2.05) is 0 Å². The summed E-state index contributed by atoms with van der Waals surface area (Å²) in [7, 11) is 0. The van der Waals surface area contributed by atoms with Crippen molar-refractivity contribution in [3.05, 3.63) is 0 Å². The highest BCUT2D eigenvalue weighted by Crippen LogP contribution is 2.02. The van der Waals surface area contributed by atoms with Crippen LogP contribution >= 0.6 is 0 Å². The van der Waals surface area contributed by atoms with E-state index in [2.05, 4.69) is 9.47 Å². The molecule has 1 saturated heterocycles. The highest BCUT2D eigenvalue weighted by molar-refractivity contribution is 5.61. The van der Waals surface area contributed by atoms with Gasteiger partial charge in [-0.1, -0.05) is 0 Å². The number of aliphatic hydroxyl groups is 4. The number of hydrogen-bond acceptors (Lipinski definition) is 7. The van der Waals surface area contributed by atoms with Crippen LogP contribution in [0, 0.1) is 0 Å². The normalized spacial score (nSPS) is 20.9. The van der Waals surface area contributed by atoms with Crippen LogP contribution in [0.2, 0.25) is 0 Å². The third kappa shape index (κ3) is 17.7. The first kappa shape index (κ1) is 18.5. The molecule has 0 aromatic heterocycles. The average molecular weight is 254 g/mol. The van der Waals surface area contributed by atoms with E-state index in [9.17, 15) is 4.79 Å². The number of carbonyl (C=O) groups is 1. The third-order valence-electron chi connectivity index (χ3n) is 1.26. The van der Waals surface area contributed by atoms with Gasteiger partial charge in [0.15, 0.2) is 0 Å². The van der Waals surface area contributed by atoms with Crippen LogP contribution < -0.4 is 0 Å². The lowest BCUT2D eigenvalue weighted by Gasteiger charge is -1.90. The minimum atomic E-state index is -0.560. The van der Waals surface area contributed by atoms with Crippen molar-refractivity contribution >= 4 is 6.16 Å². The van der Waals surface area contributed by atoms with Gasteiger partial charge in [0.05, 0.1) is 25.4 Å². The summed E-state index contributed by atoms with van der Waals surface area (Å²) in [4.78, 5) is 10.0. The zero-order chi connectivity index (χ0) is 13.8. The molecule has 7 heteroatoms. The van der Waals surface area contributed by atoms with E-state index in [0.717, 1.165) is 0 Å². The SMILES string of the molecule is CC(O)CO.CC(O)CO.CC1COC(=O)O1. The third-order valence-corrected chi connectivity index (χ3v) is 1.26. The second-order valence-electron chi connectivity index (χ2n) is 3.55. The molecule has 0 radical (unpaired) electrons. The van der Waals surface area contributed by atoms with E-state index in [0.29, 0.717) is 6.61 Å². The van der Waals surface area contributed by atoms with E-state index in [1.54, 1.807) is 6.92 Å². The van der Waals surface area contributed by atoms with E-state index in [1.165, 1.54) is 13.8 Å². The van der Waals surface area contributed by atoms with Crippen LogP contribution in [0.15, 0.2) is 0 Å². The first-order valence-electron chi connectivity index (χ1n) is 5.24. The molecule has 0 aromatic carbocycles. The van der Waals surface area contributed by atoms with Gasteiger partial charge in [-0.25, -0.2) is 4.79 Å². The van der Waals surface area contributed by atoms with Crippen LogP contribution in [-0.4, -0.2) is 64.7 Å². The van der Waals surface area contributed by atoms with Gasteiger partial charge in [0, 0.05) is 0 Å². The van der Waals surface area contributed by atoms with Crippen molar-refractivity contribution in [2.24, 2.45) is 0 Å². The van der Waals surface area contributed by atoms with Crippen molar-refractivity contribution < 1.29 is 34.7 Å². The molecule has 1 rings (SSSR count).